The van der Waals surface area contributed by atoms with Crippen molar-refractivity contribution < 1.29 is 14.6 Å². The second kappa shape index (κ2) is 14.8. The first kappa shape index (κ1) is 33.6. The zero-order valence-corrected chi connectivity index (χ0v) is 28.1. The molecule has 6 rings (SSSR count). The van der Waals surface area contributed by atoms with Crippen molar-refractivity contribution in [1.82, 2.24) is 30.3 Å². The van der Waals surface area contributed by atoms with Crippen LogP contribution in [0.25, 0.3) is 39.2 Å². The Morgan fingerprint density at radius 1 is 0.979 bits per heavy atom. The zero-order valence-electron chi connectivity index (χ0n) is 26.6. The number of aliphatic hydroxyl groups is 1. The van der Waals surface area contributed by atoms with Crippen molar-refractivity contribution in [3.8, 4) is 39.4 Å². The largest absolute Gasteiger partial charge is 0.481 e. The molecule has 2 atom stereocenters. The van der Waals surface area contributed by atoms with E-state index in [0.717, 1.165) is 39.8 Å². The maximum Gasteiger partial charge on any atom is 0.262 e. The van der Waals surface area contributed by atoms with Crippen molar-refractivity contribution in [2.24, 2.45) is 0 Å². The van der Waals surface area contributed by atoms with Crippen LogP contribution in [0, 0.1) is 0 Å². The summed E-state index contributed by atoms with van der Waals surface area (Å²) in [5.41, 5.74) is 6.15. The molecule has 0 saturated carbocycles. The zero-order chi connectivity index (χ0) is 33.8. The molecule has 4 N–H and O–H groups in total. The van der Waals surface area contributed by atoms with Gasteiger partial charge in [0.05, 0.1) is 29.0 Å². The number of amides is 1. The van der Waals surface area contributed by atoms with Crippen molar-refractivity contribution in [1.29, 1.82) is 0 Å². The van der Waals surface area contributed by atoms with E-state index in [2.05, 4.69) is 20.9 Å². The number of methoxy groups -OCH3 is 1. The van der Waals surface area contributed by atoms with Gasteiger partial charge in [-0.2, -0.15) is 0 Å². The number of carbonyl (C=O) groups excluding carboxylic acids is 1. The van der Waals surface area contributed by atoms with E-state index in [1.807, 2.05) is 60.7 Å². The number of halogens is 2. The number of hydrogen-bond acceptors (Lipinski definition) is 8. The van der Waals surface area contributed by atoms with E-state index in [-0.39, 0.29) is 17.5 Å². The molecular formula is C36H36Cl2N6O4. The van der Waals surface area contributed by atoms with Crippen LogP contribution >= 0.6 is 23.2 Å². The number of carbonyl (C=O) groups is 1. The van der Waals surface area contributed by atoms with Gasteiger partial charge in [0.1, 0.15) is 5.65 Å². The van der Waals surface area contributed by atoms with Crippen LogP contribution in [0.15, 0.2) is 77.9 Å². The van der Waals surface area contributed by atoms with Crippen LogP contribution in [0.3, 0.4) is 0 Å². The molecule has 12 heteroatoms. The highest BCUT2D eigenvalue weighted by molar-refractivity contribution is 6.39. The standard InChI is InChI=1S/C36H36Cl2N6O4/c1-21(45)16-39-18-24-19-41-31-15-22(13-14-44(31)36(24)47)26-5-3-6-27(33(26)37)28-7-4-8-29(34(28)38)30-11-9-23(35(43-30)48-2)17-40-20-25-10-12-32(46)42-25/h3-9,11,13-15,19,21,25,39-40,45H,10,12,16-18,20H2,1-2H3,(H,42,46)/t21-,25-/m1/s1. The van der Waals surface area contributed by atoms with Gasteiger partial charge in [0.2, 0.25) is 11.8 Å². The lowest BCUT2D eigenvalue weighted by molar-refractivity contribution is -0.119. The molecule has 48 heavy (non-hydrogen) atoms. The van der Waals surface area contributed by atoms with Crippen molar-refractivity contribution in [3.63, 3.8) is 0 Å². The minimum Gasteiger partial charge on any atom is -0.481 e. The molecule has 1 aliphatic rings. The minimum atomic E-state index is -0.513. The molecule has 1 aliphatic heterocycles. The summed E-state index contributed by atoms with van der Waals surface area (Å²) in [5.74, 6) is 0.582. The molecular weight excluding hydrogens is 651 g/mol. The Morgan fingerprint density at radius 3 is 2.40 bits per heavy atom. The lowest BCUT2D eigenvalue weighted by atomic mass is 9.97. The molecule has 0 aliphatic carbocycles. The number of hydrogen-bond donors (Lipinski definition) is 4. The van der Waals surface area contributed by atoms with E-state index < -0.39 is 6.10 Å². The second-order valence-corrected chi connectivity index (χ2v) is 12.6. The summed E-state index contributed by atoms with van der Waals surface area (Å²) in [6.07, 6.45) is 4.13. The molecule has 2 aromatic carbocycles. The highest BCUT2D eigenvalue weighted by Crippen LogP contribution is 2.42. The predicted molar refractivity (Wildman–Crippen MR) is 188 cm³/mol. The molecule has 1 fully saturated rings. The molecule has 0 radical (unpaired) electrons. The van der Waals surface area contributed by atoms with Crippen LogP contribution < -0.4 is 26.2 Å². The number of nitrogens with zero attached hydrogens (tertiary/aromatic N) is 3. The number of ether oxygens (including phenoxy) is 1. The molecule has 10 nitrogen and oxygen atoms in total. The maximum atomic E-state index is 13.1. The van der Waals surface area contributed by atoms with Gasteiger partial charge in [-0.15, -0.1) is 0 Å². The topological polar surface area (TPSA) is 130 Å². The number of rotatable bonds is 12. The fraction of sp³-hybridized carbons (Fsp3) is 0.278. The predicted octanol–water partition coefficient (Wildman–Crippen LogP) is 5.24. The van der Waals surface area contributed by atoms with E-state index in [4.69, 9.17) is 32.9 Å². The molecule has 5 aromatic rings. The van der Waals surface area contributed by atoms with Gasteiger partial charge in [0, 0.05) is 84.4 Å². The SMILES string of the molecule is COc1nc(-c2cccc(-c3cccc(-c4ccn5c(=O)c(CNC[C@@H](C)O)cnc5c4)c3Cl)c2Cl)ccc1CNC[C@H]1CCC(=O)N1. The molecule has 4 heterocycles. The van der Waals surface area contributed by atoms with E-state index in [0.29, 0.717) is 65.4 Å². The van der Waals surface area contributed by atoms with E-state index in [1.165, 1.54) is 4.40 Å². The number of aliphatic hydroxyl groups excluding tert-OH is 1. The van der Waals surface area contributed by atoms with Crippen molar-refractivity contribution in [2.45, 2.75) is 45.0 Å². The third-order valence-corrected chi connectivity index (χ3v) is 9.15. The highest BCUT2D eigenvalue weighted by Gasteiger charge is 2.21. The third kappa shape index (κ3) is 7.23. The smallest absolute Gasteiger partial charge is 0.262 e. The molecule has 0 unspecified atom stereocenters. The van der Waals surface area contributed by atoms with Crippen LogP contribution in [0.4, 0.5) is 0 Å². The van der Waals surface area contributed by atoms with Crippen LogP contribution in [0.1, 0.15) is 30.9 Å². The van der Waals surface area contributed by atoms with Crippen molar-refractivity contribution in [3.05, 3.63) is 105 Å². The quantitative estimate of drug-likeness (QED) is 0.140. The Morgan fingerprint density at radius 2 is 1.69 bits per heavy atom. The van der Waals surface area contributed by atoms with E-state index >= 15 is 0 Å². The summed E-state index contributed by atoms with van der Waals surface area (Å²) in [7, 11) is 1.59. The van der Waals surface area contributed by atoms with Gasteiger partial charge in [-0.25, -0.2) is 9.97 Å². The van der Waals surface area contributed by atoms with Gasteiger partial charge >= 0.3 is 0 Å². The Labute approximate surface area is 288 Å². The van der Waals surface area contributed by atoms with Gasteiger partial charge in [0.25, 0.3) is 5.56 Å². The summed E-state index contributed by atoms with van der Waals surface area (Å²) < 4.78 is 7.13. The fourth-order valence-electron chi connectivity index (χ4n) is 5.86. The Balaban J connectivity index is 1.25. The summed E-state index contributed by atoms with van der Waals surface area (Å²) in [6, 6.07) is 19.2. The van der Waals surface area contributed by atoms with Gasteiger partial charge in [-0.1, -0.05) is 65.7 Å². The van der Waals surface area contributed by atoms with Gasteiger partial charge in [0.15, 0.2) is 0 Å². The molecule has 3 aromatic heterocycles. The highest BCUT2D eigenvalue weighted by atomic mass is 35.5. The van der Waals surface area contributed by atoms with Crippen LogP contribution in [0.5, 0.6) is 5.88 Å². The summed E-state index contributed by atoms with van der Waals surface area (Å²) in [4.78, 5) is 33.8. The first-order valence-corrected chi connectivity index (χ1v) is 16.5. The average molecular weight is 688 g/mol. The molecule has 248 valence electrons. The van der Waals surface area contributed by atoms with E-state index in [9.17, 15) is 14.7 Å². The summed E-state index contributed by atoms with van der Waals surface area (Å²) >= 11 is 14.1. The van der Waals surface area contributed by atoms with Gasteiger partial charge < -0.3 is 25.8 Å². The van der Waals surface area contributed by atoms with Crippen LogP contribution in [-0.2, 0) is 17.9 Å². The average Bonchev–Trinajstić information content (AvgIpc) is 3.50. The van der Waals surface area contributed by atoms with Crippen molar-refractivity contribution in [2.75, 3.05) is 20.2 Å². The number of pyridine rings is 2. The van der Waals surface area contributed by atoms with Crippen molar-refractivity contribution >= 4 is 34.8 Å². The first-order chi connectivity index (χ1) is 23.2. The Kier molecular flexibility index (Phi) is 10.4. The maximum absolute atomic E-state index is 13.1. The van der Waals surface area contributed by atoms with Crippen LogP contribution in [0.2, 0.25) is 10.0 Å². The van der Waals surface area contributed by atoms with Gasteiger partial charge in [-0.05, 0) is 37.1 Å². The lowest BCUT2D eigenvalue weighted by Gasteiger charge is -2.16. The van der Waals surface area contributed by atoms with Crippen LogP contribution in [-0.4, -0.2) is 57.7 Å². The third-order valence-electron chi connectivity index (χ3n) is 8.33. The van der Waals surface area contributed by atoms with E-state index in [1.54, 1.807) is 26.4 Å². The normalized spacial score (nSPS) is 15.1. The monoisotopic (exact) mass is 686 g/mol. The Bertz CT molecular complexity index is 2030. The Hall–Kier alpha value is -4.32. The minimum absolute atomic E-state index is 0.0925. The fourth-order valence-corrected chi connectivity index (χ4v) is 6.52. The summed E-state index contributed by atoms with van der Waals surface area (Å²) in [6.45, 7) is 3.58. The first-order valence-electron chi connectivity index (χ1n) is 15.7. The number of benzene rings is 2. The molecule has 0 bridgehead atoms. The second-order valence-electron chi connectivity index (χ2n) is 11.8. The number of nitrogens with one attached hydrogen (secondary N) is 3. The summed E-state index contributed by atoms with van der Waals surface area (Å²) in [5, 5.41) is 19.9. The molecule has 1 amide bonds. The molecule has 0 spiro atoms. The molecule has 1 saturated heterocycles. The van der Waals surface area contributed by atoms with Gasteiger partial charge in [-0.3, -0.25) is 14.0 Å². The number of fused-ring (bicyclic) bond motifs is 1. The number of aromatic nitrogens is 3. The lowest BCUT2D eigenvalue weighted by Crippen LogP contribution is -2.35.